The molecule has 0 aromatic heterocycles. The molecule has 190 valence electrons. The molecule has 5 rings (SSSR count). The number of amides is 1. The van der Waals surface area contributed by atoms with Gasteiger partial charge in [-0.1, -0.05) is 6.42 Å². The number of ether oxygens (including phenoxy) is 5. The van der Waals surface area contributed by atoms with Crippen LogP contribution in [-0.2, 0) is 20.8 Å². The lowest BCUT2D eigenvalue weighted by Gasteiger charge is -2.45. The molecule has 4 aliphatic rings. The van der Waals surface area contributed by atoms with E-state index in [1.54, 1.807) is 39.3 Å². The summed E-state index contributed by atoms with van der Waals surface area (Å²) in [6.45, 7) is 1.60. The van der Waals surface area contributed by atoms with Gasteiger partial charge in [0.1, 0.15) is 17.6 Å². The molecule has 2 unspecified atom stereocenters. The highest BCUT2D eigenvalue weighted by molar-refractivity contribution is 5.74. The van der Waals surface area contributed by atoms with Crippen LogP contribution in [0, 0.1) is 11.8 Å². The number of hydrogen-bond acceptors (Lipinski definition) is 8. The van der Waals surface area contributed by atoms with Gasteiger partial charge in [0, 0.05) is 31.7 Å². The molecule has 2 aliphatic carbocycles. The van der Waals surface area contributed by atoms with E-state index in [-0.39, 0.29) is 19.4 Å². The van der Waals surface area contributed by atoms with Crippen LogP contribution in [0.25, 0.3) is 0 Å². The zero-order valence-electron chi connectivity index (χ0n) is 20.4. The first-order valence-electron chi connectivity index (χ1n) is 12.2. The van der Waals surface area contributed by atoms with E-state index in [1.807, 2.05) is 0 Å². The van der Waals surface area contributed by atoms with E-state index >= 15 is 0 Å². The molecule has 35 heavy (non-hydrogen) atoms. The maximum atomic E-state index is 13.2. The zero-order valence-corrected chi connectivity index (χ0v) is 20.4. The molecule has 2 aliphatic heterocycles. The number of nitrogens with zero attached hydrogens (tertiary/aromatic N) is 1. The van der Waals surface area contributed by atoms with Crippen molar-refractivity contribution in [3.8, 4) is 23.3 Å². The molecular formula is C26H33NO8. The Morgan fingerprint density at radius 2 is 1.77 bits per heavy atom. The molecule has 1 aromatic carbocycles. The molecule has 1 amide bonds. The second-order valence-corrected chi connectivity index (χ2v) is 9.90. The lowest BCUT2D eigenvalue weighted by molar-refractivity contribution is -0.198. The molecule has 5 atom stereocenters. The van der Waals surface area contributed by atoms with Gasteiger partial charge in [-0.3, -0.25) is 4.90 Å². The second kappa shape index (κ2) is 8.86. The largest absolute Gasteiger partial charge is 0.497 e. The van der Waals surface area contributed by atoms with Crippen LogP contribution in [-0.4, -0.2) is 70.9 Å². The number of aliphatic hydroxyl groups is 2. The summed E-state index contributed by atoms with van der Waals surface area (Å²) in [6, 6.07) is 5.24. The Balaban J connectivity index is 1.46. The maximum Gasteiger partial charge on any atom is 0.414 e. The number of hydrogen-bond donors (Lipinski definition) is 2. The van der Waals surface area contributed by atoms with Gasteiger partial charge in [0.15, 0.2) is 11.4 Å². The summed E-state index contributed by atoms with van der Waals surface area (Å²) in [5.74, 6) is 5.98. The summed E-state index contributed by atoms with van der Waals surface area (Å²) in [5, 5.41) is 23.1. The second-order valence-electron chi connectivity index (χ2n) is 9.90. The van der Waals surface area contributed by atoms with Crippen LogP contribution in [0.15, 0.2) is 18.2 Å². The predicted octanol–water partition coefficient (Wildman–Crippen LogP) is 2.71. The van der Waals surface area contributed by atoms with Gasteiger partial charge in [0.2, 0.25) is 5.72 Å². The molecule has 2 N–H and O–H groups in total. The van der Waals surface area contributed by atoms with E-state index in [0.29, 0.717) is 17.1 Å². The van der Waals surface area contributed by atoms with Crippen LogP contribution in [0.2, 0.25) is 0 Å². The summed E-state index contributed by atoms with van der Waals surface area (Å²) in [4.78, 5) is 14.4. The van der Waals surface area contributed by atoms with Gasteiger partial charge in [-0.25, -0.2) is 4.79 Å². The van der Waals surface area contributed by atoms with Crippen molar-refractivity contribution < 1.29 is 38.7 Å². The Hall–Kier alpha value is -2.51. The highest BCUT2D eigenvalue weighted by Crippen LogP contribution is 2.53. The van der Waals surface area contributed by atoms with Crippen LogP contribution in [0.3, 0.4) is 0 Å². The van der Waals surface area contributed by atoms with Crippen molar-refractivity contribution in [2.45, 2.75) is 93.8 Å². The van der Waals surface area contributed by atoms with Crippen molar-refractivity contribution in [1.29, 1.82) is 0 Å². The fourth-order valence-electron chi connectivity index (χ4n) is 6.08. The smallest absolute Gasteiger partial charge is 0.414 e. The third-order valence-corrected chi connectivity index (χ3v) is 7.73. The third-order valence-electron chi connectivity index (χ3n) is 7.73. The van der Waals surface area contributed by atoms with Gasteiger partial charge in [0.05, 0.1) is 33.0 Å². The van der Waals surface area contributed by atoms with Gasteiger partial charge >= 0.3 is 6.09 Å². The molecular weight excluding hydrogens is 454 g/mol. The minimum Gasteiger partial charge on any atom is -0.497 e. The number of methoxy groups -OCH3 is 2. The number of rotatable bonds is 4. The number of aliphatic hydroxyl groups excluding tert-OH is 1. The van der Waals surface area contributed by atoms with E-state index in [2.05, 4.69) is 11.8 Å². The quantitative estimate of drug-likeness (QED) is 0.625. The first kappa shape index (κ1) is 24.2. The molecule has 9 heteroatoms. The summed E-state index contributed by atoms with van der Waals surface area (Å²) < 4.78 is 29.2. The third kappa shape index (κ3) is 3.93. The fraction of sp³-hybridized carbons (Fsp3) is 0.654. The van der Waals surface area contributed by atoms with Crippen molar-refractivity contribution in [2.75, 3.05) is 14.2 Å². The van der Waals surface area contributed by atoms with Crippen LogP contribution >= 0.6 is 0 Å². The number of fused-ring (bicyclic) bond motifs is 1. The predicted molar refractivity (Wildman–Crippen MR) is 124 cm³/mol. The van der Waals surface area contributed by atoms with Crippen molar-refractivity contribution in [1.82, 2.24) is 4.90 Å². The van der Waals surface area contributed by atoms with Gasteiger partial charge in [-0.2, -0.15) is 0 Å². The molecule has 0 bridgehead atoms. The van der Waals surface area contributed by atoms with Crippen molar-refractivity contribution in [2.24, 2.45) is 0 Å². The number of benzene rings is 1. The van der Waals surface area contributed by atoms with Crippen LogP contribution in [0.5, 0.6) is 11.5 Å². The fourth-order valence-corrected chi connectivity index (χ4v) is 6.08. The Morgan fingerprint density at radius 1 is 1.09 bits per heavy atom. The molecule has 9 nitrogen and oxygen atoms in total. The first-order chi connectivity index (χ1) is 16.8. The summed E-state index contributed by atoms with van der Waals surface area (Å²) in [7, 11) is 3.08. The zero-order chi connectivity index (χ0) is 24.8. The van der Waals surface area contributed by atoms with Crippen molar-refractivity contribution >= 4 is 6.09 Å². The van der Waals surface area contributed by atoms with Gasteiger partial charge in [-0.15, -0.1) is 5.92 Å². The Labute approximate surface area is 205 Å². The number of carbonyl (C=O) groups is 1. The Morgan fingerprint density at radius 3 is 2.40 bits per heavy atom. The first-order valence-corrected chi connectivity index (χ1v) is 12.2. The van der Waals surface area contributed by atoms with E-state index in [0.717, 1.165) is 32.1 Å². The van der Waals surface area contributed by atoms with Gasteiger partial charge in [0.25, 0.3) is 0 Å². The summed E-state index contributed by atoms with van der Waals surface area (Å²) >= 11 is 0. The lowest BCUT2D eigenvalue weighted by atomic mass is 9.73. The highest BCUT2D eigenvalue weighted by Gasteiger charge is 2.70. The lowest BCUT2D eigenvalue weighted by Crippen LogP contribution is -2.64. The van der Waals surface area contributed by atoms with Crippen LogP contribution < -0.4 is 9.47 Å². The molecule has 2 heterocycles. The minimum atomic E-state index is -1.98. The van der Waals surface area contributed by atoms with Crippen LogP contribution in [0.1, 0.15) is 57.4 Å². The average Bonchev–Trinajstić information content (AvgIpc) is 3.27. The van der Waals surface area contributed by atoms with Gasteiger partial charge < -0.3 is 33.9 Å². The highest BCUT2D eigenvalue weighted by atomic mass is 16.8. The van der Waals surface area contributed by atoms with E-state index in [9.17, 15) is 15.0 Å². The SMILES string of the molecule is CC#CC1(O)N(Cc2cc(OC)cc(OC)c2)C(=O)O[C@@]12CC(O)[C@@H]1OC3(CCCCC3)O[C@@H]1C2. The molecule has 2 spiro atoms. The van der Waals surface area contributed by atoms with E-state index in [4.69, 9.17) is 23.7 Å². The van der Waals surface area contributed by atoms with E-state index in [1.165, 1.54) is 4.90 Å². The molecule has 0 radical (unpaired) electrons. The molecule has 2 saturated carbocycles. The topological polar surface area (TPSA) is 107 Å². The van der Waals surface area contributed by atoms with Gasteiger partial charge in [-0.05, 0) is 43.4 Å². The maximum absolute atomic E-state index is 13.2. The monoisotopic (exact) mass is 487 g/mol. The molecule has 2 saturated heterocycles. The van der Waals surface area contributed by atoms with Crippen molar-refractivity contribution in [3.05, 3.63) is 23.8 Å². The average molecular weight is 488 g/mol. The minimum absolute atomic E-state index is 0.00477. The normalized spacial score (nSPS) is 35.4. The van der Waals surface area contributed by atoms with E-state index < -0.39 is 41.5 Å². The van der Waals surface area contributed by atoms with Crippen LogP contribution in [0.4, 0.5) is 4.79 Å². The Bertz CT molecular complexity index is 1020. The summed E-state index contributed by atoms with van der Waals surface area (Å²) in [5.41, 5.74) is -2.78. The molecule has 4 fully saturated rings. The number of carbonyl (C=O) groups excluding carboxylic acids is 1. The summed E-state index contributed by atoms with van der Waals surface area (Å²) in [6.07, 6.45) is 2.07. The Kier molecular flexibility index (Phi) is 6.12. The van der Waals surface area contributed by atoms with Crippen molar-refractivity contribution in [3.63, 3.8) is 0 Å². The standard InChI is InChI=1S/C26H33NO8/c1-4-8-26(30)24(14-20(28)22-21(15-24)33-25(34-22)9-6-5-7-10-25)35-23(29)27(26)16-17-11-18(31-2)13-19(12-17)32-3/h11-13,20-22,28,30H,5-7,9-10,14-16H2,1-3H3/t20?,21-,22+,24-,26?/m1/s1. The molecule has 1 aromatic rings.